The van der Waals surface area contributed by atoms with Crippen LogP contribution in [0.3, 0.4) is 0 Å². The van der Waals surface area contributed by atoms with Crippen LogP contribution in [0.15, 0.2) is 89.8 Å². The van der Waals surface area contributed by atoms with Crippen molar-refractivity contribution < 1.29 is 13.2 Å². The van der Waals surface area contributed by atoms with Crippen LogP contribution in [0.4, 0.5) is 0 Å². The number of rotatable bonds is 6. The lowest BCUT2D eigenvalue weighted by Gasteiger charge is -2.40. The first kappa shape index (κ1) is 22.2. The molecule has 5 nitrogen and oxygen atoms in total. The number of sulfone groups is 1. The summed E-state index contributed by atoms with van der Waals surface area (Å²) in [5.41, 5.74) is 2.43. The average molecular weight is 449 g/mol. The lowest BCUT2D eigenvalue weighted by atomic mass is 10.1. The van der Waals surface area contributed by atoms with Gasteiger partial charge in [-0.2, -0.15) is 0 Å². The van der Waals surface area contributed by atoms with Crippen LogP contribution in [0.2, 0.25) is 0 Å². The predicted octanol–water partition coefficient (Wildman–Crippen LogP) is 4.01. The van der Waals surface area contributed by atoms with Crippen LogP contribution in [0.1, 0.15) is 28.4 Å². The summed E-state index contributed by atoms with van der Waals surface area (Å²) < 4.78 is 25.4. The molecule has 0 radical (unpaired) electrons. The molecule has 1 unspecified atom stereocenters. The highest BCUT2D eigenvalue weighted by atomic mass is 32.2. The van der Waals surface area contributed by atoms with E-state index in [-0.39, 0.29) is 17.7 Å². The monoisotopic (exact) mass is 448 g/mol. The zero-order valence-electron chi connectivity index (χ0n) is 18.2. The molecular formula is C26H28N2O3S. The minimum Gasteiger partial charge on any atom is -0.333 e. The summed E-state index contributed by atoms with van der Waals surface area (Å²) in [6.45, 7) is 5.22. The number of hydrogen-bond acceptors (Lipinski definition) is 4. The maximum absolute atomic E-state index is 13.2. The summed E-state index contributed by atoms with van der Waals surface area (Å²) >= 11 is 0. The van der Waals surface area contributed by atoms with Crippen molar-refractivity contribution in [2.24, 2.45) is 0 Å². The van der Waals surface area contributed by atoms with E-state index in [0.717, 1.165) is 19.6 Å². The third kappa shape index (κ3) is 5.26. The Morgan fingerprint density at radius 3 is 2.22 bits per heavy atom. The van der Waals surface area contributed by atoms with Gasteiger partial charge in [-0.1, -0.05) is 60.7 Å². The lowest BCUT2D eigenvalue weighted by molar-refractivity contribution is 0.0475. The predicted molar refractivity (Wildman–Crippen MR) is 126 cm³/mol. The largest absolute Gasteiger partial charge is 0.333 e. The van der Waals surface area contributed by atoms with Crippen molar-refractivity contribution in [3.05, 3.63) is 102 Å². The molecule has 0 N–H and O–H groups in total. The molecule has 3 aromatic carbocycles. The number of hydrogen-bond donors (Lipinski definition) is 0. The summed E-state index contributed by atoms with van der Waals surface area (Å²) in [5.74, 6) is -0.172. The van der Waals surface area contributed by atoms with Gasteiger partial charge >= 0.3 is 0 Å². The number of nitrogens with zero attached hydrogens (tertiary/aromatic N) is 2. The van der Waals surface area contributed by atoms with E-state index in [0.29, 0.717) is 22.6 Å². The molecule has 1 fully saturated rings. The normalized spacial score (nSPS) is 17.3. The van der Waals surface area contributed by atoms with E-state index < -0.39 is 9.84 Å². The molecular weight excluding hydrogens is 420 g/mol. The zero-order chi connectivity index (χ0) is 22.6. The lowest BCUT2D eigenvalue weighted by Crippen LogP contribution is -2.53. The van der Waals surface area contributed by atoms with Gasteiger partial charge in [0.25, 0.3) is 5.91 Å². The van der Waals surface area contributed by atoms with E-state index in [1.807, 2.05) is 23.1 Å². The first-order chi connectivity index (χ1) is 15.4. The molecule has 0 saturated carbocycles. The molecule has 1 aliphatic rings. The third-order valence-electron chi connectivity index (χ3n) is 5.85. The van der Waals surface area contributed by atoms with Crippen LogP contribution >= 0.6 is 0 Å². The Kier molecular flexibility index (Phi) is 6.72. The maximum atomic E-state index is 13.2. The van der Waals surface area contributed by atoms with E-state index >= 15 is 0 Å². The Morgan fingerprint density at radius 1 is 0.875 bits per heavy atom. The smallest absolute Gasteiger partial charge is 0.254 e. The fraction of sp³-hybridized carbons (Fsp3) is 0.269. The van der Waals surface area contributed by atoms with Crippen molar-refractivity contribution in [3.63, 3.8) is 0 Å². The molecule has 32 heavy (non-hydrogen) atoms. The second-order valence-corrected chi connectivity index (χ2v) is 10.3. The van der Waals surface area contributed by atoms with Crippen molar-refractivity contribution in [3.8, 4) is 0 Å². The summed E-state index contributed by atoms with van der Waals surface area (Å²) in [4.78, 5) is 17.8. The van der Waals surface area contributed by atoms with Gasteiger partial charge in [0.1, 0.15) is 0 Å². The number of piperazine rings is 1. The van der Waals surface area contributed by atoms with Gasteiger partial charge in [-0.05, 0) is 42.3 Å². The molecule has 6 heteroatoms. The van der Waals surface area contributed by atoms with Crippen molar-refractivity contribution in [2.75, 3.05) is 19.6 Å². The van der Waals surface area contributed by atoms with Crippen molar-refractivity contribution in [1.82, 2.24) is 9.80 Å². The van der Waals surface area contributed by atoms with Gasteiger partial charge in [-0.15, -0.1) is 0 Å². The topological polar surface area (TPSA) is 57.7 Å². The van der Waals surface area contributed by atoms with E-state index in [2.05, 4.69) is 24.0 Å². The van der Waals surface area contributed by atoms with Gasteiger partial charge < -0.3 is 4.90 Å². The van der Waals surface area contributed by atoms with Crippen molar-refractivity contribution >= 4 is 15.7 Å². The minimum atomic E-state index is -3.46. The Morgan fingerprint density at radius 2 is 1.53 bits per heavy atom. The quantitative estimate of drug-likeness (QED) is 0.572. The van der Waals surface area contributed by atoms with Crippen LogP contribution in [0.5, 0.6) is 0 Å². The Labute approximate surface area is 190 Å². The highest BCUT2D eigenvalue weighted by molar-refractivity contribution is 7.90. The molecule has 1 aliphatic heterocycles. The van der Waals surface area contributed by atoms with Crippen LogP contribution in [-0.4, -0.2) is 49.8 Å². The van der Waals surface area contributed by atoms with E-state index in [1.165, 1.54) is 5.56 Å². The van der Waals surface area contributed by atoms with Gasteiger partial charge in [0, 0.05) is 37.8 Å². The van der Waals surface area contributed by atoms with Crippen LogP contribution in [0.25, 0.3) is 0 Å². The van der Waals surface area contributed by atoms with Gasteiger partial charge in [0.2, 0.25) is 0 Å². The summed E-state index contributed by atoms with van der Waals surface area (Å²) in [7, 11) is -3.46. The first-order valence-corrected chi connectivity index (χ1v) is 12.5. The molecule has 1 amide bonds. The average Bonchev–Trinajstić information content (AvgIpc) is 2.80. The SMILES string of the molecule is CC1CN(Cc2ccccc2)CCN1C(=O)c1cccc(CS(=O)(=O)c2ccccc2)c1. The highest BCUT2D eigenvalue weighted by Crippen LogP contribution is 2.20. The van der Waals surface area contributed by atoms with Gasteiger partial charge in [-0.25, -0.2) is 8.42 Å². The Hall–Kier alpha value is -2.96. The number of carbonyl (C=O) groups is 1. The maximum Gasteiger partial charge on any atom is 0.254 e. The van der Waals surface area contributed by atoms with Gasteiger partial charge in [0.15, 0.2) is 9.84 Å². The number of carbonyl (C=O) groups excluding carboxylic acids is 1. The second kappa shape index (κ2) is 9.67. The van der Waals surface area contributed by atoms with E-state index in [9.17, 15) is 13.2 Å². The highest BCUT2D eigenvalue weighted by Gasteiger charge is 2.28. The van der Waals surface area contributed by atoms with Crippen molar-refractivity contribution in [2.45, 2.75) is 30.2 Å². The fourth-order valence-corrected chi connectivity index (χ4v) is 5.57. The van der Waals surface area contributed by atoms with Gasteiger partial charge in [-0.3, -0.25) is 9.69 Å². The molecule has 1 heterocycles. The number of amides is 1. The zero-order valence-corrected chi connectivity index (χ0v) is 19.0. The Balaban J connectivity index is 1.43. The molecule has 0 aliphatic carbocycles. The van der Waals surface area contributed by atoms with Crippen LogP contribution in [0, 0.1) is 0 Å². The summed E-state index contributed by atoms with van der Waals surface area (Å²) in [6.07, 6.45) is 0. The first-order valence-electron chi connectivity index (χ1n) is 10.9. The van der Waals surface area contributed by atoms with Crippen LogP contribution in [-0.2, 0) is 22.1 Å². The molecule has 1 atom stereocenters. The Bertz CT molecular complexity index is 1160. The minimum absolute atomic E-state index is 0.0455. The molecule has 4 rings (SSSR count). The van der Waals surface area contributed by atoms with Crippen LogP contribution < -0.4 is 0 Å². The molecule has 3 aromatic rings. The standard InChI is InChI=1S/C26H28N2O3S/c1-21-18-27(19-22-9-4-2-5-10-22)15-16-28(21)26(29)24-12-8-11-23(17-24)20-32(30,31)25-13-6-3-7-14-25/h2-14,17,21H,15-16,18-20H2,1H3. The molecule has 0 aromatic heterocycles. The fourth-order valence-electron chi connectivity index (χ4n) is 4.21. The van der Waals surface area contributed by atoms with E-state index in [4.69, 9.17) is 0 Å². The van der Waals surface area contributed by atoms with E-state index in [1.54, 1.807) is 54.6 Å². The molecule has 0 spiro atoms. The summed E-state index contributed by atoms with van der Waals surface area (Å²) in [6, 6.07) is 25.9. The third-order valence-corrected chi connectivity index (χ3v) is 7.56. The number of benzene rings is 3. The summed E-state index contributed by atoms with van der Waals surface area (Å²) in [5, 5.41) is 0. The molecule has 166 valence electrons. The molecule has 1 saturated heterocycles. The van der Waals surface area contributed by atoms with Gasteiger partial charge in [0.05, 0.1) is 10.6 Å². The molecule has 0 bridgehead atoms. The van der Waals surface area contributed by atoms with Crippen molar-refractivity contribution in [1.29, 1.82) is 0 Å². The second-order valence-electron chi connectivity index (χ2n) is 8.34.